The van der Waals surface area contributed by atoms with Crippen LogP contribution in [-0.4, -0.2) is 18.0 Å². The maximum atomic E-state index is 12.1. The lowest BCUT2D eigenvalue weighted by molar-refractivity contribution is -0.127. The predicted octanol–water partition coefficient (Wildman–Crippen LogP) is 2.45. The standard InChI is InChI=1S/C14H28N2O/c1-4-5-12(3)13(17)16-14(10-15)8-6-11(2)7-9-14/h11-12H,4-10,15H2,1-3H3,(H,16,17). The number of amides is 1. The quantitative estimate of drug-likeness (QED) is 0.775. The molecule has 100 valence electrons. The molecule has 0 radical (unpaired) electrons. The number of carbonyl (C=O) groups excluding carboxylic acids is 1. The van der Waals surface area contributed by atoms with Crippen molar-refractivity contribution >= 4 is 5.91 Å². The average molecular weight is 240 g/mol. The van der Waals surface area contributed by atoms with Gasteiger partial charge in [0.2, 0.25) is 5.91 Å². The third kappa shape index (κ3) is 3.98. The van der Waals surface area contributed by atoms with E-state index in [2.05, 4.69) is 19.2 Å². The lowest BCUT2D eigenvalue weighted by atomic mass is 9.77. The van der Waals surface area contributed by atoms with Gasteiger partial charge in [-0.15, -0.1) is 0 Å². The number of rotatable bonds is 5. The topological polar surface area (TPSA) is 55.1 Å². The zero-order valence-corrected chi connectivity index (χ0v) is 11.6. The van der Waals surface area contributed by atoms with Crippen LogP contribution in [0.1, 0.15) is 59.3 Å². The SMILES string of the molecule is CCCC(C)C(=O)NC1(CN)CCC(C)CC1. The molecule has 0 heterocycles. The van der Waals surface area contributed by atoms with E-state index in [0.717, 1.165) is 31.6 Å². The lowest BCUT2D eigenvalue weighted by Crippen LogP contribution is -2.56. The van der Waals surface area contributed by atoms with E-state index >= 15 is 0 Å². The van der Waals surface area contributed by atoms with E-state index < -0.39 is 0 Å². The molecule has 0 aromatic rings. The molecule has 1 amide bonds. The minimum Gasteiger partial charge on any atom is -0.349 e. The summed E-state index contributed by atoms with van der Waals surface area (Å²) in [5.74, 6) is 1.08. The Balaban J connectivity index is 2.54. The highest BCUT2D eigenvalue weighted by Gasteiger charge is 2.34. The second-order valence-corrected chi connectivity index (χ2v) is 5.85. The molecule has 1 saturated carbocycles. The first-order valence-electron chi connectivity index (χ1n) is 7.05. The van der Waals surface area contributed by atoms with Crippen LogP contribution >= 0.6 is 0 Å². The zero-order valence-electron chi connectivity index (χ0n) is 11.6. The first-order valence-corrected chi connectivity index (χ1v) is 7.05. The summed E-state index contributed by atoms with van der Waals surface area (Å²) in [6.45, 7) is 6.98. The highest BCUT2D eigenvalue weighted by atomic mass is 16.2. The first kappa shape index (κ1) is 14.5. The largest absolute Gasteiger partial charge is 0.349 e. The molecule has 0 aromatic carbocycles. The Hall–Kier alpha value is -0.570. The van der Waals surface area contributed by atoms with Crippen molar-refractivity contribution in [3.05, 3.63) is 0 Å². The van der Waals surface area contributed by atoms with E-state index in [9.17, 15) is 4.79 Å². The van der Waals surface area contributed by atoms with Crippen molar-refractivity contribution in [1.82, 2.24) is 5.32 Å². The average Bonchev–Trinajstić information content (AvgIpc) is 2.33. The molecule has 1 aliphatic carbocycles. The van der Waals surface area contributed by atoms with Gasteiger partial charge in [0.05, 0.1) is 5.54 Å². The summed E-state index contributed by atoms with van der Waals surface area (Å²) in [4.78, 5) is 12.1. The van der Waals surface area contributed by atoms with Gasteiger partial charge in [-0.05, 0) is 38.0 Å². The summed E-state index contributed by atoms with van der Waals surface area (Å²) in [5.41, 5.74) is 5.77. The van der Waals surface area contributed by atoms with Crippen molar-refractivity contribution in [2.75, 3.05) is 6.54 Å². The molecule has 0 aromatic heterocycles. The molecule has 1 atom stereocenters. The van der Waals surface area contributed by atoms with Crippen molar-refractivity contribution < 1.29 is 4.79 Å². The molecule has 0 bridgehead atoms. The summed E-state index contributed by atoms with van der Waals surface area (Å²) in [6.07, 6.45) is 6.45. The molecule has 1 fully saturated rings. The van der Waals surface area contributed by atoms with Crippen molar-refractivity contribution in [2.45, 2.75) is 64.8 Å². The highest BCUT2D eigenvalue weighted by molar-refractivity contribution is 5.79. The van der Waals surface area contributed by atoms with Crippen LogP contribution in [0.15, 0.2) is 0 Å². The fraction of sp³-hybridized carbons (Fsp3) is 0.929. The van der Waals surface area contributed by atoms with Gasteiger partial charge in [0.25, 0.3) is 0 Å². The molecule has 3 nitrogen and oxygen atoms in total. The number of nitrogens with two attached hydrogens (primary N) is 1. The van der Waals surface area contributed by atoms with Gasteiger partial charge < -0.3 is 11.1 Å². The molecule has 3 N–H and O–H groups in total. The van der Waals surface area contributed by atoms with Crippen LogP contribution < -0.4 is 11.1 Å². The summed E-state index contributed by atoms with van der Waals surface area (Å²) < 4.78 is 0. The number of hydrogen-bond acceptors (Lipinski definition) is 2. The van der Waals surface area contributed by atoms with E-state index in [1.165, 1.54) is 12.8 Å². The Bertz CT molecular complexity index is 245. The van der Waals surface area contributed by atoms with Gasteiger partial charge in [-0.25, -0.2) is 0 Å². The van der Waals surface area contributed by atoms with Crippen molar-refractivity contribution in [3.63, 3.8) is 0 Å². The van der Waals surface area contributed by atoms with Crippen molar-refractivity contribution in [3.8, 4) is 0 Å². The van der Waals surface area contributed by atoms with Crippen LogP contribution in [0.2, 0.25) is 0 Å². The normalized spacial score (nSPS) is 30.9. The molecular formula is C14H28N2O. The summed E-state index contributed by atoms with van der Waals surface area (Å²) in [7, 11) is 0. The molecule has 1 rings (SSSR count). The van der Waals surface area contributed by atoms with E-state index in [1.54, 1.807) is 0 Å². The van der Waals surface area contributed by atoms with Crippen LogP contribution in [-0.2, 0) is 4.79 Å². The molecule has 17 heavy (non-hydrogen) atoms. The molecular weight excluding hydrogens is 212 g/mol. The van der Waals surface area contributed by atoms with Crippen LogP contribution in [0.4, 0.5) is 0 Å². The maximum Gasteiger partial charge on any atom is 0.223 e. The molecule has 0 saturated heterocycles. The van der Waals surface area contributed by atoms with Gasteiger partial charge in [0.1, 0.15) is 0 Å². The van der Waals surface area contributed by atoms with Crippen LogP contribution in [0.3, 0.4) is 0 Å². The second kappa shape index (κ2) is 6.39. The van der Waals surface area contributed by atoms with Gasteiger partial charge in [0.15, 0.2) is 0 Å². The summed E-state index contributed by atoms with van der Waals surface area (Å²) in [6, 6.07) is 0. The van der Waals surface area contributed by atoms with E-state index in [0.29, 0.717) is 6.54 Å². The van der Waals surface area contributed by atoms with Crippen molar-refractivity contribution in [2.24, 2.45) is 17.6 Å². The minimum atomic E-state index is -0.119. The van der Waals surface area contributed by atoms with E-state index in [4.69, 9.17) is 5.73 Å². The monoisotopic (exact) mass is 240 g/mol. The van der Waals surface area contributed by atoms with Gasteiger partial charge in [-0.2, -0.15) is 0 Å². The first-order chi connectivity index (χ1) is 8.03. The van der Waals surface area contributed by atoms with Crippen LogP contribution in [0, 0.1) is 11.8 Å². The Morgan fingerprint density at radius 1 is 1.47 bits per heavy atom. The smallest absolute Gasteiger partial charge is 0.223 e. The molecule has 1 aliphatic rings. The fourth-order valence-corrected chi connectivity index (χ4v) is 2.64. The van der Waals surface area contributed by atoms with Gasteiger partial charge in [-0.3, -0.25) is 4.79 Å². The van der Waals surface area contributed by atoms with Gasteiger partial charge in [-0.1, -0.05) is 27.2 Å². The molecule has 1 unspecified atom stereocenters. The Labute approximate surface area is 106 Å². The fourth-order valence-electron chi connectivity index (χ4n) is 2.64. The molecule has 0 aliphatic heterocycles. The number of nitrogens with one attached hydrogen (secondary N) is 1. The summed E-state index contributed by atoms with van der Waals surface area (Å²) >= 11 is 0. The number of carbonyl (C=O) groups is 1. The highest BCUT2D eigenvalue weighted by Crippen LogP contribution is 2.31. The number of hydrogen-bond donors (Lipinski definition) is 2. The van der Waals surface area contributed by atoms with Gasteiger partial charge >= 0.3 is 0 Å². The van der Waals surface area contributed by atoms with Crippen LogP contribution in [0.25, 0.3) is 0 Å². The third-order valence-electron chi connectivity index (χ3n) is 4.18. The van der Waals surface area contributed by atoms with Crippen LogP contribution in [0.5, 0.6) is 0 Å². The zero-order chi connectivity index (χ0) is 12.9. The Kier molecular flexibility index (Phi) is 5.44. The minimum absolute atomic E-state index is 0.114. The summed E-state index contributed by atoms with van der Waals surface area (Å²) in [5, 5.41) is 3.22. The molecule has 0 spiro atoms. The Morgan fingerprint density at radius 2 is 2.06 bits per heavy atom. The lowest BCUT2D eigenvalue weighted by Gasteiger charge is -2.40. The second-order valence-electron chi connectivity index (χ2n) is 5.85. The van der Waals surface area contributed by atoms with Gasteiger partial charge in [0, 0.05) is 12.5 Å². The van der Waals surface area contributed by atoms with Crippen molar-refractivity contribution in [1.29, 1.82) is 0 Å². The van der Waals surface area contributed by atoms with E-state index in [-0.39, 0.29) is 17.4 Å². The maximum absolute atomic E-state index is 12.1. The van der Waals surface area contributed by atoms with E-state index in [1.807, 2.05) is 6.92 Å². The predicted molar refractivity (Wildman–Crippen MR) is 71.6 cm³/mol. The third-order valence-corrected chi connectivity index (χ3v) is 4.18. The molecule has 3 heteroatoms. The Morgan fingerprint density at radius 3 is 2.53 bits per heavy atom.